The molecule has 3 rings (SSSR count). The summed E-state index contributed by atoms with van der Waals surface area (Å²) >= 11 is 0. The largest absolute Gasteiger partial charge is 0.378 e. The van der Waals surface area contributed by atoms with Gasteiger partial charge in [-0.15, -0.1) is 0 Å². The maximum absolute atomic E-state index is 5.72. The fourth-order valence-corrected chi connectivity index (χ4v) is 3.13. The molecule has 1 aliphatic rings. The molecule has 2 aromatic rings. The van der Waals surface area contributed by atoms with Crippen LogP contribution < -0.4 is 5.32 Å². The van der Waals surface area contributed by atoms with Crippen molar-refractivity contribution in [3.8, 4) is 0 Å². The van der Waals surface area contributed by atoms with Gasteiger partial charge in [-0.05, 0) is 43.4 Å². The number of ether oxygens (including phenoxy) is 1. The van der Waals surface area contributed by atoms with E-state index in [0.29, 0.717) is 12.1 Å². The van der Waals surface area contributed by atoms with Crippen molar-refractivity contribution in [1.29, 1.82) is 0 Å². The van der Waals surface area contributed by atoms with Gasteiger partial charge in [0.1, 0.15) is 0 Å². The SMILES string of the molecule is c1ccc(C[C@@H](NCC[C@H]2CCCO2)c2ccccc2)cc1. The van der Waals surface area contributed by atoms with Crippen molar-refractivity contribution in [2.24, 2.45) is 0 Å². The molecule has 116 valence electrons. The van der Waals surface area contributed by atoms with Gasteiger partial charge >= 0.3 is 0 Å². The van der Waals surface area contributed by atoms with E-state index in [-0.39, 0.29) is 0 Å². The first-order valence-corrected chi connectivity index (χ1v) is 8.35. The highest BCUT2D eigenvalue weighted by Gasteiger charge is 2.16. The van der Waals surface area contributed by atoms with Crippen molar-refractivity contribution in [3.63, 3.8) is 0 Å². The Morgan fingerprint density at radius 1 is 1.00 bits per heavy atom. The maximum Gasteiger partial charge on any atom is 0.0588 e. The smallest absolute Gasteiger partial charge is 0.0588 e. The molecule has 0 aromatic heterocycles. The molecular formula is C20H25NO. The maximum atomic E-state index is 5.72. The number of rotatable bonds is 7. The van der Waals surface area contributed by atoms with E-state index in [9.17, 15) is 0 Å². The minimum absolute atomic E-state index is 0.366. The second kappa shape index (κ2) is 8.11. The summed E-state index contributed by atoms with van der Waals surface area (Å²) in [4.78, 5) is 0. The van der Waals surface area contributed by atoms with Crippen LogP contribution in [0.25, 0.3) is 0 Å². The van der Waals surface area contributed by atoms with Gasteiger partial charge in [0, 0.05) is 12.6 Å². The molecule has 22 heavy (non-hydrogen) atoms. The van der Waals surface area contributed by atoms with Crippen molar-refractivity contribution in [3.05, 3.63) is 71.8 Å². The summed E-state index contributed by atoms with van der Waals surface area (Å²) in [6.07, 6.45) is 5.03. The fraction of sp³-hybridized carbons (Fsp3) is 0.400. The van der Waals surface area contributed by atoms with E-state index in [1.165, 1.54) is 24.0 Å². The zero-order valence-corrected chi connectivity index (χ0v) is 13.1. The van der Waals surface area contributed by atoms with Crippen LogP contribution in [0.4, 0.5) is 0 Å². The Hall–Kier alpha value is -1.64. The fourth-order valence-electron chi connectivity index (χ4n) is 3.13. The molecule has 2 nitrogen and oxygen atoms in total. The molecule has 2 atom stereocenters. The van der Waals surface area contributed by atoms with Crippen LogP contribution in [0.1, 0.15) is 36.4 Å². The van der Waals surface area contributed by atoms with E-state index in [0.717, 1.165) is 26.0 Å². The summed E-state index contributed by atoms with van der Waals surface area (Å²) in [6.45, 7) is 1.95. The summed E-state index contributed by atoms with van der Waals surface area (Å²) < 4.78 is 5.72. The van der Waals surface area contributed by atoms with Crippen LogP contribution >= 0.6 is 0 Å². The van der Waals surface area contributed by atoms with Crippen LogP contribution in [0.3, 0.4) is 0 Å². The highest BCUT2D eigenvalue weighted by molar-refractivity contribution is 5.23. The first kappa shape index (κ1) is 15.3. The molecule has 2 aromatic carbocycles. The molecule has 1 aliphatic heterocycles. The second-order valence-electron chi connectivity index (χ2n) is 6.03. The topological polar surface area (TPSA) is 21.3 Å². The van der Waals surface area contributed by atoms with E-state index in [1.54, 1.807) is 0 Å². The monoisotopic (exact) mass is 295 g/mol. The summed E-state index contributed by atoms with van der Waals surface area (Å²) in [5.74, 6) is 0. The molecule has 0 radical (unpaired) electrons. The van der Waals surface area contributed by atoms with Crippen LogP contribution in [0.2, 0.25) is 0 Å². The first-order chi connectivity index (χ1) is 10.9. The molecule has 0 amide bonds. The number of benzene rings is 2. The Morgan fingerprint density at radius 2 is 1.73 bits per heavy atom. The van der Waals surface area contributed by atoms with Gasteiger partial charge in [-0.3, -0.25) is 0 Å². The van der Waals surface area contributed by atoms with Crippen molar-refractivity contribution < 1.29 is 4.74 Å². The number of hydrogen-bond acceptors (Lipinski definition) is 2. The van der Waals surface area contributed by atoms with Gasteiger partial charge in [-0.1, -0.05) is 60.7 Å². The Kier molecular flexibility index (Phi) is 5.63. The molecule has 1 heterocycles. The quantitative estimate of drug-likeness (QED) is 0.829. The summed E-state index contributed by atoms with van der Waals surface area (Å²) in [7, 11) is 0. The third-order valence-corrected chi connectivity index (χ3v) is 4.37. The predicted octanol–water partition coefficient (Wildman–Crippen LogP) is 4.13. The average molecular weight is 295 g/mol. The Bertz CT molecular complexity index is 534. The molecule has 0 saturated carbocycles. The van der Waals surface area contributed by atoms with E-state index < -0.39 is 0 Å². The van der Waals surface area contributed by atoms with Gasteiger partial charge in [0.2, 0.25) is 0 Å². The van der Waals surface area contributed by atoms with E-state index in [1.807, 2.05) is 0 Å². The third kappa shape index (κ3) is 4.43. The lowest BCUT2D eigenvalue weighted by molar-refractivity contribution is 0.103. The zero-order chi connectivity index (χ0) is 15.0. The summed E-state index contributed by atoms with van der Waals surface area (Å²) in [5.41, 5.74) is 2.74. The molecular weight excluding hydrogens is 270 g/mol. The highest BCUT2D eigenvalue weighted by atomic mass is 16.5. The van der Waals surface area contributed by atoms with Crippen molar-refractivity contribution >= 4 is 0 Å². The number of nitrogens with one attached hydrogen (secondary N) is 1. The lowest BCUT2D eigenvalue weighted by Crippen LogP contribution is -2.26. The Balaban J connectivity index is 1.61. The first-order valence-electron chi connectivity index (χ1n) is 8.35. The molecule has 1 fully saturated rings. The van der Waals surface area contributed by atoms with Gasteiger partial charge in [0.25, 0.3) is 0 Å². The van der Waals surface area contributed by atoms with Gasteiger partial charge in [0.05, 0.1) is 6.10 Å². The van der Waals surface area contributed by atoms with Crippen molar-refractivity contribution in [2.75, 3.05) is 13.2 Å². The molecule has 1 N–H and O–H groups in total. The minimum Gasteiger partial charge on any atom is -0.378 e. The van der Waals surface area contributed by atoms with Crippen LogP contribution in [0, 0.1) is 0 Å². The van der Waals surface area contributed by atoms with Crippen molar-refractivity contribution in [2.45, 2.75) is 37.8 Å². The van der Waals surface area contributed by atoms with E-state index >= 15 is 0 Å². The lowest BCUT2D eigenvalue weighted by Gasteiger charge is -2.20. The molecule has 0 bridgehead atoms. The molecule has 0 unspecified atom stereocenters. The predicted molar refractivity (Wildman–Crippen MR) is 90.9 cm³/mol. The zero-order valence-electron chi connectivity index (χ0n) is 13.1. The van der Waals surface area contributed by atoms with Crippen molar-refractivity contribution in [1.82, 2.24) is 5.32 Å². The van der Waals surface area contributed by atoms with Gasteiger partial charge in [-0.25, -0.2) is 0 Å². The number of hydrogen-bond donors (Lipinski definition) is 1. The van der Waals surface area contributed by atoms with E-state index in [4.69, 9.17) is 4.74 Å². The van der Waals surface area contributed by atoms with Gasteiger partial charge in [-0.2, -0.15) is 0 Å². The van der Waals surface area contributed by atoms with E-state index in [2.05, 4.69) is 66.0 Å². The normalized spacial score (nSPS) is 19.2. The average Bonchev–Trinajstić information content (AvgIpc) is 3.09. The van der Waals surface area contributed by atoms with Crippen LogP contribution in [-0.2, 0) is 11.2 Å². The summed E-state index contributed by atoms with van der Waals surface area (Å²) in [5, 5.41) is 3.73. The molecule has 0 spiro atoms. The van der Waals surface area contributed by atoms with Gasteiger partial charge < -0.3 is 10.1 Å². The molecule has 2 heteroatoms. The minimum atomic E-state index is 0.366. The van der Waals surface area contributed by atoms with Crippen LogP contribution in [-0.4, -0.2) is 19.3 Å². The molecule has 1 saturated heterocycles. The highest BCUT2D eigenvalue weighted by Crippen LogP contribution is 2.20. The standard InChI is InChI=1S/C20H25NO/c1-3-8-17(9-4-1)16-20(18-10-5-2-6-11-18)21-14-13-19-12-7-15-22-19/h1-6,8-11,19-21H,7,12-16H2/t19-,20-/m1/s1. The lowest BCUT2D eigenvalue weighted by atomic mass is 9.98. The Morgan fingerprint density at radius 3 is 2.41 bits per heavy atom. The van der Waals surface area contributed by atoms with Gasteiger partial charge in [0.15, 0.2) is 0 Å². The summed E-state index contributed by atoms with van der Waals surface area (Å²) in [6, 6.07) is 21.8. The van der Waals surface area contributed by atoms with Crippen LogP contribution in [0.15, 0.2) is 60.7 Å². The van der Waals surface area contributed by atoms with Crippen LogP contribution in [0.5, 0.6) is 0 Å². The third-order valence-electron chi connectivity index (χ3n) is 4.37. The molecule has 0 aliphatic carbocycles. The Labute approximate surface area is 133 Å². The second-order valence-corrected chi connectivity index (χ2v) is 6.03.